The van der Waals surface area contributed by atoms with Crippen LogP contribution >= 0.6 is 11.3 Å². The predicted octanol–water partition coefficient (Wildman–Crippen LogP) is 3.21. The van der Waals surface area contributed by atoms with E-state index in [4.69, 9.17) is 0 Å². The highest BCUT2D eigenvalue weighted by atomic mass is 32.2. The lowest BCUT2D eigenvalue weighted by Crippen LogP contribution is -2.48. The van der Waals surface area contributed by atoms with Crippen molar-refractivity contribution < 1.29 is 13.2 Å². The molecular weight excluding hydrogens is 420 g/mol. The molecule has 1 fully saturated rings. The number of sulfonamides is 1. The van der Waals surface area contributed by atoms with E-state index >= 15 is 0 Å². The molecule has 7 nitrogen and oxygen atoms in total. The van der Waals surface area contributed by atoms with Crippen molar-refractivity contribution >= 4 is 38.1 Å². The van der Waals surface area contributed by atoms with Gasteiger partial charge in [0.2, 0.25) is 10.0 Å². The van der Waals surface area contributed by atoms with Gasteiger partial charge < -0.3 is 4.90 Å². The maximum Gasteiger partial charge on any atom is 0.257 e. The maximum atomic E-state index is 13.1. The fourth-order valence-electron chi connectivity index (χ4n) is 3.35. The van der Waals surface area contributed by atoms with Crippen LogP contribution in [0.25, 0.3) is 0 Å². The van der Waals surface area contributed by atoms with Crippen LogP contribution in [0.4, 0.5) is 10.8 Å². The summed E-state index contributed by atoms with van der Waals surface area (Å²) >= 11 is 1.37. The van der Waals surface area contributed by atoms with Crippen molar-refractivity contribution in [3.8, 4) is 0 Å². The third-order valence-corrected chi connectivity index (χ3v) is 7.66. The van der Waals surface area contributed by atoms with Crippen LogP contribution in [0.1, 0.15) is 15.2 Å². The highest BCUT2D eigenvalue weighted by molar-refractivity contribution is 7.89. The van der Waals surface area contributed by atoms with Crippen molar-refractivity contribution in [3.63, 3.8) is 0 Å². The molecule has 0 aliphatic carbocycles. The number of carbonyl (C=O) groups excluding carboxylic acids is 1. The van der Waals surface area contributed by atoms with Crippen molar-refractivity contribution in [1.82, 2.24) is 9.29 Å². The van der Waals surface area contributed by atoms with Gasteiger partial charge in [-0.05, 0) is 37.3 Å². The lowest BCUT2D eigenvalue weighted by molar-refractivity contribution is 0.102. The fraction of sp³-hybridized carbons (Fsp3) is 0.238. The number of anilines is 2. The fourth-order valence-corrected chi connectivity index (χ4v) is 5.48. The number of nitrogens with one attached hydrogen (secondary N) is 1. The number of rotatable bonds is 5. The van der Waals surface area contributed by atoms with Gasteiger partial charge >= 0.3 is 0 Å². The van der Waals surface area contributed by atoms with Gasteiger partial charge in [-0.2, -0.15) is 4.31 Å². The van der Waals surface area contributed by atoms with Crippen LogP contribution in [-0.2, 0) is 10.0 Å². The van der Waals surface area contributed by atoms with Gasteiger partial charge in [-0.25, -0.2) is 13.4 Å². The molecule has 3 aromatic rings. The first-order valence-corrected chi connectivity index (χ1v) is 11.8. The molecule has 0 saturated carbocycles. The molecule has 2 heterocycles. The van der Waals surface area contributed by atoms with Gasteiger partial charge in [-0.3, -0.25) is 10.1 Å². The lowest BCUT2D eigenvalue weighted by Gasteiger charge is -2.35. The van der Waals surface area contributed by atoms with E-state index in [1.807, 2.05) is 37.3 Å². The number of hydrogen-bond donors (Lipinski definition) is 1. The molecule has 4 rings (SSSR count). The molecule has 1 aromatic heterocycles. The summed E-state index contributed by atoms with van der Waals surface area (Å²) in [6.07, 6.45) is 1.68. The smallest absolute Gasteiger partial charge is 0.257 e. The first-order valence-electron chi connectivity index (χ1n) is 9.57. The van der Waals surface area contributed by atoms with E-state index in [2.05, 4.69) is 15.2 Å². The van der Waals surface area contributed by atoms with E-state index in [-0.39, 0.29) is 16.4 Å². The van der Waals surface area contributed by atoms with Crippen molar-refractivity contribution in [2.75, 3.05) is 36.4 Å². The zero-order valence-corrected chi connectivity index (χ0v) is 18.1. The van der Waals surface area contributed by atoms with Crippen molar-refractivity contribution in [1.29, 1.82) is 0 Å². The van der Waals surface area contributed by atoms with E-state index in [0.29, 0.717) is 31.3 Å². The summed E-state index contributed by atoms with van der Waals surface area (Å²) in [5.74, 6) is -0.379. The van der Waals surface area contributed by atoms with Crippen molar-refractivity contribution in [2.45, 2.75) is 11.8 Å². The number of nitrogens with zero attached hydrogens (tertiary/aromatic N) is 3. The van der Waals surface area contributed by atoms with Crippen LogP contribution < -0.4 is 10.2 Å². The molecule has 1 aliphatic heterocycles. The molecule has 0 spiro atoms. The number of aromatic nitrogens is 1. The molecule has 30 heavy (non-hydrogen) atoms. The number of thiazole rings is 1. The molecule has 1 aliphatic rings. The van der Waals surface area contributed by atoms with Crippen LogP contribution in [0.5, 0.6) is 0 Å². The van der Waals surface area contributed by atoms with Crippen LogP contribution in [0, 0.1) is 6.92 Å². The lowest BCUT2D eigenvalue weighted by atomic mass is 10.2. The van der Waals surface area contributed by atoms with Gasteiger partial charge in [0.25, 0.3) is 5.91 Å². The molecule has 9 heteroatoms. The average molecular weight is 443 g/mol. The Bertz CT molecular complexity index is 1140. The van der Waals surface area contributed by atoms with Gasteiger partial charge in [-0.1, -0.05) is 24.3 Å². The zero-order valence-electron chi connectivity index (χ0n) is 16.5. The summed E-state index contributed by atoms with van der Waals surface area (Å²) < 4.78 is 27.7. The molecule has 0 bridgehead atoms. The molecule has 1 saturated heterocycles. The Balaban J connectivity index is 1.47. The Morgan fingerprint density at radius 2 is 1.77 bits per heavy atom. The molecule has 1 N–H and O–H groups in total. The Morgan fingerprint density at radius 1 is 1.03 bits per heavy atom. The Kier molecular flexibility index (Phi) is 5.85. The number of aryl methyl sites for hydroxylation is 1. The zero-order chi connectivity index (χ0) is 21.1. The number of carbonyl (C=O) groups is 1. The number of hydrogen-bond acceptors (Lipinski definition) is 6. The minimum atomic E-state index is -3.68. The summed E-state index contributed by atoms with van der Waals surface area (Å²) in [6.45, 7) is 3.93. The number of amides is 1. The van der Waals surface area contributed by atoms with Crippen LogP contribution in [0.3, 0.4) is 0 Å². The Labute approximate surface area is 180 Å². The van der Waals surface area contributed by atoms with Gasteiger partial charge in [-0.15, -0.1) is 11.3 Å². The van der Waals surface area contributed by atoms with E-state index in [0.717, 1.165) is 10.6 Å². The Morgan fingerprint density at radius 3 is 2.43 bits per heavy atom. The molecule has 0 radical (unpaired) electrons. The molecule has 156 valence electrons. The molecule has 1 amide bonds. The average Bonchev–Trinajstić information content (AvgIpc) is 3.19. The first kappa shape index (κ1) is 20.5. The van der Waals surface area contributed by atoms with E-state index in [1.165, 1.54) is 27.8 Å². The molecule has 0 atom stereocenters. The minimum Gasteiger partial charge on any atom is -0.369 e. The normalized spacial score (nSPS) is 15.2. The minimum absolute atomic E-state index is 0.124. The van der Waals surface area contributed by atoms with E-state index in [9.17, 15) is 13.2 Å². The topological polar surface area (TPSA) is 82.6 Å². The molecular formula is C21H22N4O3S2. The number of piperazine rings is 1. The molecule has 2 aromatic carbocycles. The summed E-state index contributed by atoms with van der Waals surface area (Å²) in [5.41, 5.74) is 1.37. The Hall–Kier alpha value is -2.75. The van der Waals surface area contributed by atoms with Crippen molar-refractivity contribution in [2.24, 2.45) is 0 Å². The summed E-state index contributed by atoms with van der Waals surface area (Å²) in [7, 11) is -3.68. The van der Waals surface area contributed by atoms with Gasteiger partial charge in [0, 0.05) is 48.5 Å². The van der Waals surface area contributed by atoms with Gasteiger partial charge in [0.1, 0.15) is 0 Å². The SMILES string of the molecule is Cc1cnc(NC(=O)c2cccc(S(=O)(=O)N3CCN(c4ccccc4)CC3)c2)s1. The van der Waals surface area contributed by atoms with Gasteiger partial charge in [0.15, 0.2) is 5.13 Å². The summed E-state index contributed by atoms with van der Waals surface area (Å²) in [4.78, 5) is 19.9. The second kappa shape index (κ2) is 8.55. The third-order valence-electron chi connectivity index (χ3n) is 4.94. The highest BCUT2D eigenvalue weighted by Crippen LogP contribution is 2.23. The predicted molar refractivity (Wildman–Crippen MR) is 119 cm³/mol. The van der Waals surface area contributed by atoms with E-state index in [1.54, 1.807) is 18.3 Å². The van der Waals surface area contributed by atoms with Gasteiger partial charge in [0.05, 0.1) is 4.90 Å². The second-order valence-corrected chi connectivity index (χ2v) is 10.2. The number of para-hydroxylation sites is 1. The number of benzene rings is 2. The largest absolute Gasteiger partial charge is 0.369 e. The van der Waals surface area contributed by atoms with Crippen LogP contribution in [-0.4, -0.2) is 49.8 Å². The highest BCUT2D eigenvalue weighted by Gasteiger charge is 2.29. The van der Waals surface area contributed by atoms with Crippen molar-refractivity contribution in [3.05, 3.63) is 71.2 Å². The standard InChI is InChI=1S/C21H22N4O3S2/c1-16-15-22-21(29-16)23-20(26)17-6-5-9-19(14-17)30(27,28)25-12-10-24(11-13-25)18-7-3-2-4-8-18/h2-9,14-15H,10-13H2,1H3,(H,22,23,26). The van der Waals surface area contributed by atoms with Crippen LogP contribution in [0.2, 0.25) is 0 Å². The monoisotopic (exact) mass is 442 g/mol. The maximum absolute atomic E-state index is 13.1. The first-order chi connectivity index (χ1) is 14.4. The molecule has 0 unspecified atom stereocenters. The summed E-state index contributed by atoms with van der Waals surface area (Å²) in [6, 6.07) is 16.1. The third kappa shape index (κ3) is 4.38. The summed E-state index contributed by atoms with van der Waals surface area (Å²) in [5, 5.41) is 3.20. The second-order valence-electron chi connectivity index (χ2n) is 6.98. The van der Waals surface area contributed by atoms with E-state index < -0.39 is 10.0 Å². The quantitative estimate of drug-likeness (QED) is 0.656. The van der Waals surface area contributed by atoms with Crippen LogP contribution in [0.15, 0.2) is 65.7 Å².